The molecule has 0 aliphatic rings. The molecule has 4 aromatic carbocycles. The molecule has 6 aromatic rings. The number of para-hydroxylation sites is 2. The van der Waals surface area contributed by atoms with E-state index in [9.17, 15) is 19.5 Å². The van der Waals surface area contributed by atoms with Crippen LogP contribution in [-0.2, 0) is 20.6 Å². The number of carbonyl (C=O) groups excluding carboxylic acids is 1. The summed E-state index contributed by atoms with van der Waals surface area (Å²) in [5, 5.41) is 11.5. The first-order chi connectivity index (χ1) is 21.3. The highest BCUT2D eigenvalue weighted by molar-refractivity contribution is 6.00. The zero-order valence-corrected chi connectivity index (χ0v) is 24.8. The third-order valence-corrected chi connectivity index (χ3v) is 8.29. The van der Waals surface area contributed by atoms with Gasteiger partial charge in [-0.05, 0) is 30.2 Å². The SMILES string of the molecule is Cc1ccc(C(c2c(O)n(C)c(=O)n(C)c2=O)C(C(=O)c2ccccc2)n2c[n+](Cc3ccccc3)c3ccccc32)cc1. The van der Waals surface area contributed by atoms with Gasteiger partial charge in [-0.25, -0.2) is 13.9 Å². The van der Waals surface area contributed by atoms with E-state index in [1.807, 2.05) is 103 Å². The molecule has 0 fully saturated rings. The van der Waals surface area contributed by atoms with E-state index in [1.165, 1.54) is 14.1 Å². The van der Waals surface area contributed by atoms with Crippen molar-refractivity contribution in [1.82, 2.24) is 13.7 Å². The first kappa shape index (κ1) is 28.6. The molecule has 2 unspecified atom stereocenters. The molecule has 2 atom stereocenters. The van der Waals surface area contributed by atoms with Crippen LogP contribution in [-0.4, -0.2) is 24.6 Å². The molecule has 8 nitrogen and oxygen atoms in total. The second kappa shape index (κ2) is 11.6. The Labute approximate surface area is 254 Å². The van der Waals surface area contributed by atoms with Crippen molar-refractivity contribution < 1.29 is 14.5 Å². The summed E-state index contributed by atoms with van der Waals surface area (Å²) < 4.78 is 6.01. The number of Topliss-reactive ketones (excluding diaryl/α,β-unsaturated/α-hetero) is 1. The van der Waals surface area contributed by atoms with Crippen molar-refractivity contribution in [1.29, 1.82) is 0 Å². The molecule has 44 heavy (non-hydrogen) atoms. The third-order valence-electron chi connectivity index (χ3n) is 8.29. The highest BCUT2D eigenvalue weighted by Gasteiger charge is 2.42. The topological polar surface area (TPSA) is 90.1 Å². The Kier molecular flexibility index (Phi) is 7.57. The summed E-state index contributed by atoms with van der Waals surface area (Å²) in [4.78, 5) is 41.5. The number of hydrogen-bond donors (Lipinski definition) is 1. The Hall–Kier alpha value is -5.50. The van der Waals surface area contributed by atoms with Crippen LogP contribution in [0.4, 0.5) is 0 Å². The van der Waals surface area contributed by atoms with Crippen LogP contribution in [0.1, 0.15) is 44.6 Å². The van der Waals surface area contributed by atoms with E-state index in [2.05, 4.69) is 4.57 Å². The number of aryl methyl sites for hydroxylation is 1. The predicted octanol–water partition coefficient (Wildman–Crippen LogP) is 4.64. The van der Waals surface area contributed by atoms with Crippen LogP contribution in [0.5, 0.6) is 5.88 Å². The van der Waals surface area contributed by atoms with Gasteiger partial charge in [-0.2, -0.15) is 0 Å². The summed E-state index contributed by atoms with van der Waals surface area (Å²) in [6.45, 7) is 2.52. The van der Waals surface area contributed by atoms with E-state index in [-0.39, 0.29) is 11.3 Å². The van der Waals surface area contributed by atoms with Crippen molar-refractivity contribution in [2.24, 2.45) is 14.1 Å². The number of rotatable bonds is 8. The van der Waals surface area contributed by atoms with E-state index >= 15 is 0 Å². The molecule has 2 aromatic heterocycles. The van der Waals surface area contributed by atoms with E-state index in [1.54, 1.807) is 24.3 Å². The van der Waals surface area contributed by atoms with E-state index in [0.29, 0.717) is 17.7 Å². The summed E-state index contributed by atoms with van der Waals surface area (Å²) in [6, 6.07) is 33.4. The molecule has 0 saturated heterocycles. The lowest BCUT2D eigenvalue weighted by molar-refractivity contribution is -0.663. The minimum absolute atomic E-state index is 0.0277. The predicted molar refractivity (Wildman–Crippen MR) is 169 cm³/mol. The van der Waals surface area contributed by atoms with Crippen LogP contribution in [0, 0.1) is 6.92 Å². The molecule has 0 amide bonds. The normalized spacial score (nSPS) is 12.7. The van der Waals surface area contributed by atoms with Gasteiger partial charge in [0.1, 0.15) is 6.54 Å². The van der Waals surface area contributed by atoms with Crippen LogP contribution in [0.25, 0.3) is 11.0 Å². The van der Waals surface area contributed by atoms with Gasteiger partial charge in [0.2, 0.25) is 18.0 Å². The Balaban J connectivity index is 1.69. The molecule has 8 heteroatoms. The maximum absolute atomic E-state index is 14.8. The smallest absolute Gasteiger partial charge is 0.333 e. The molecule has 0 aliphatic carbocycles. The fraction of sp³-hybridized carbons (Fsp3) is 0.167. The Morgan fingerprint density at radius 2 is 1.41 bits per heavy atom. The summed E-state index contributed by atoms with van der Waals surface area (Å²) in [6.07, 6.45) is 1.91. The highest BCUT2D eigenvalue weighted by Crippen LogP contribution is 2.40. The van der Waals surface area contributed by atoms with Gasteiger partial charge in [0.15, 0.2) is 17.1 Å². The molecule has 0 saturated carbocycles. The van der Waals surface area contributed by atoms with E-state index in [0.717, 1.165) is 31.3 Å². The monoisotopic (exact) mass is 585 g/mol. The van der Waals surface area contributed by atoms with Gasteiger partial charge in [0.05, 0.1) is 11.5 Å². The van der Waals surface area contributed by atoms with E-state index < -0.39 is 29.1 Å². The highest BCUT2D eigenvalue weighted by atomic mass is 16.3. The molecule has 1 N–H and O–H groups in total. The van der Waals surface area contributed by atoms with Crippen molar-refractivity contribution in [2.45, 2.75) is 25.4 Å². The minimum atomic E-state index is -1.00. The average molecular weight is 586 g/mol. The zero-order valence-electron chi connectivity index (χ0n) is 24.8. The summed E-state index contributed by atoms with van der Waals surface area (Å²) in [7, 11) is 2.80. The van der Waals surface area contributed by atoms with Crippen LogP contribution in [0.15, 0.2) is 125 Å². The first-order valence-corrected chi connectivity index (χ1v) is 14.4. The van der Waals surface area contributed by atoms with Crippen LogP contribution < -0.4 is 15.8 Å². The lowest BCUT2D eigenvalue weighted by Crippen LogP contribution is -2.41. The van der Waals surface area contributed by atoms with E-state index in [4.69, 9.17) is 0 Å². The number of nitrogens with zero attached hydrogens (tertiary/aromatic N) is 4. The van der Waals surface area contributed by atoms with Gasteiger partial charge >= 0.3 is 5.69 Å². The van der Waals surface area contributed by atoms with Gasteiger partial charge in [-0.3, -0.25) is 18.7 Å². The second-order valence-electron chi connectivity index (χ2n) is 11.1. The molecule has 0 bridgehead atoms. The molecule has 0 radical (unpaired) electrons. The lowest BCUT2D eigenvalue weighted by atomic mass is 9.81. The fourth-order valence-corrected chi connectivity index (χ4v) is 5.95. The Morgan fingerprint density at radius 1 is 0.795 bits per heavy atom. The van der Waals surface area contributed by atoms with Gasteiger partial charge in [0, 0.05) is 19.7 Å². The number of imidazole rings is 1. The van der Waals surface area contributed by atoms with Gasteiger partial charge in [-0.15, -0.1) is 0 Å². The number of hydrogen-bond acceptors (Lipinski definition) is 4. The van der Waals surface area contributed by atoms with Gasteiger partial charge < -0.3 is 5.11 Å². The molecular formula is C36H33N4O4+. The largest absolute Gasteiger partial charge is 0.494 e. The molecular weight excluding hydrogens is 552 g/mol. The zero-order chi connectivity index (χ0) is 31.0. The lowest BCUT2D eigenvalue weighted by Gasteiger charge is -2.26. The summed E-state index contributed by atoms with van der Waals surface area (Å²) in [5.74, 6) is -1.66. The molecule has 220 valence electrons. The number of aromatic hydroxyl groups is 1. The van der Waals surface area contributed by atoms with Crippen molar-refractivity contribution >= 4 is 16.8 Å². The quantitative estimate of drug-likeness (QED) is 0.208. The van der Waals surface area contributed by atoms with Gasteiger partial charge in [-0.1, -0.05) is 103 Å². The fourth-order valence-electron chi connectivity index (χ4n) is 5.95. The molecule has 0 aliphatic heterocycles. The number of aromatic nitrogens is 4. The molecule has 6 rings (SSSR count). The second-order valence-corrected chi connectivity index (χ2v) is 11.1. The first-order valence-electron chi connectivity index (χ1n) is 14.4. The Bertz CT molecular complexity index is 2090. The maximum atomic E-state index is 14.8. The minimum Gasteiger partial charge on any atom is -0.494 e. The van der Waals surface area contributed by atoms with Crippen LogP contribution in [0.3, 0.4) is 0 Å². The number of benzene rings is 4. The summed E-state index contributed by atoms with van der Waals surface area (Å²) in [5.41, 5.74) is 3.56. The van der Waals surface area contributed by atoms with Crippen LogP contribution >= 0.6 is 0 Å². The van der Waals surface area contributed by atoms with Gasteiger partial charge in [0.25, 0.3) is 5.56 Å². The number of fused-ring (bicyclic) bond motifs is 1. The maximum Gasteiger partial charge on any atom is 0.333 e. The van der Waals surface area contributed by atoms with Crippen molar-refractivity contribution in [3.8, 4) is 5.88 Å². The third kappa shape index (κ3) is 5.04. The van der Waals surface area contributed by atoms with Crippen molar-refractivity contribution in [3.05, 3.63) is 164 Å². The van der Waals surface area contributed by atoms with Crippen molar-refractivity contribution in [2.75, 3.05) is 0 Å². The van der Waals surface area contributed by atoms with Crippen LogP contribution in [0.2, 0.25) is 0 Å². The Morgan fingerprint density at radius 3 is 2.09 bits per heavy atom. The standard InChI is InChI=1S/C36H32N4O4/c1-24-18-20-26(21-19-24)30(31-34(42)37(2)36(44)38(3)35(31)43)32(33(41)27-14-8-5-9-15-27)40-23-39(22-25-12-6-4-7-13-25)28-16-10-11-17-29(28)40/h4-21,23,30,32H,22H2,1-3H3/p+1. The summed E-state index contributed by atoms with van der Waals surface area (Å²) >= 11 is 0. The van der Waals surface area contributed by atoms with Crippen molar-refractivity contribution in [3.63, 3.8) is 0 Å². The average Bonchev–Trinajstić information content (AvgIpc) is 3.41. The number of carbonyl (C=O) groups is 1. The molecule has 0 spiro atoms. The number of ketones is 1. The molecule has 2 heterocycles.